The van der Waals surface area contributed by atoms with Crippen molar-refractivity contribution >= 4 is 16.9 Å². The summed E-state index contributed by atoms with van der Waals surface area (Å²) < 4.78 is 23.9. The average molecular weight is 502 g/mol. The summed E-state index contributed by atoms with van der Waals surface area (Å²) in [5, 5.41) is 4.85. The van der Waals surface area contributed by atoms with Gasteiger partial charge in [-0.2, -0.15) is 0 Å². The van der Waals surface area contributed by atoms with Crippen LogP contribution in [0.25, 0.3) is 22.3 Å². The average Bonchev–Trinajstić information content (AvgIpc) is 3.42. The molecular weight excluding hydrogens is 474 g/mol. The van der Waals surface area contributed by atoms with Gasteiger partial charge >= 0.3 is 5.97 Å². The van der Waals surface area contributed by atoms with Crippen LogP contribution in [0.15, 0.2) is 23.0 Å². The van der Waals surface area contributed by atoms with Crippen LogP contribution in [-0.2, 0) is 32.8 Å². The number of hydrogen-bond acceptors (Lipinski definition) is 8. The van der Waals surface area contributed by atoms with Gasteiger partial charge in [-0.1, -0.05) is 13.8 Å². The quantitative estimate of drug-likeness (QED) is 0.426. The van der Waals surface area contributed by atoms with Gasteiger partial charge in [-0.25, -0.2) is 9.78 Å². The molecule has 6 aliphatic rings. The van der Waals surface area contributed by atoms with Gasteiger partial charge in [0.15, 0.2) is 17.6 Å². The normalized spacial score (nSPS) is 27.9. The van der Waals surface area contributed by atoms with Gasteiger partial charge in [0, 0.05) is 46.7 Å². The molecule has 9 heteroatoms. The van der Waals surface area contributed by atoms with E-state index in [2.05, 4.69) is 25.2 Å². The third-order valence-electron chi connectivity index (χ3n) is 8.82. The first kappa shape index (κ1) is 21.6. The van der Waals surface area contributed by atoms with E-state index in [1.165, 1.54) is 12.7 Å². The highest BCUT2D eigenvalue weighted by Crippen LogP contribution is 2.70. The maximum absolute atomic E-state index is 13.7. The van der Waals surface area contributed by atoms with E-state index in [0.29, 0.717) is 29.5 Å². The number of pyridine rings is 2. The Morgan fingerprint density at radius 1 is 1.08 bits per heavy atom. The number of rotatable bonds is 4. The lowest BCUT2D eigenvalue weighted by molar-refractivity contribution is -0.159. The van der Waals surface area contributed by atoms with Crippen molar-refractivity contribution in [2.75, 3.05) is 13.9 Å². The van der Waals surface area contributed by atoms with Crippen LogP contribution in [0.4, 0.5) is 0 Å². The maximum atomic E-state index is 13.7. The molecule has 0 spiro atoms. The highest BCUT2D eigenvalue weighted by molar-refractivity contribution is 5.92. The van der Waals surface area contributed by atoms with Crippen LogP contribution in [0.2, 0.25) is 0 Å². The lowest BCUT2D eigenvalue weighted by Crippen LogP contribution is -2.77. The molecule has 9 rings (SSSR count). The Balaban J connectivity index is 1.35. The van der Waals surface area contributed by atoms with E-state index >= 15 is 0 Å². The van der Waals surface area contributed by atoms with E-state index in [4.69, 9.17) is 23.9 Å². The van der Waals surface area contributed by atoms with Crippen LogP contribution in [0.5, 0.6) is 11.5 Å². The largest absolute Gasteiger partial charge is 0.458 e. The molecule has 1 unspecified atom stereocenters. The minimum atomic E-state index is -0.917. The van der Waals surface area contributed by atoms with Crippen molar-refractivity contribution < 1.29 is 23.7 Å². The Morgan fingerprint density at radius 3 is 2.57 bits per heavy atom. The fourth-order valence-electron chi connectivity index (χ4n) is 7.65. The van der Waals surface area contributed by atoms with E-state index < -0.39 is 12.1 Å². The number of nitrogens with zero attached hydrogens (tertiary/aromatic N) is 2. The summed E-state index contributed by atoms with van der Waals surface area (Å²) in [7, 11) is 1.45. The number of carbonyl (C=O) groups is 1. The fraction of sp³-hybridized carbons (Fsp3) is 0.464. The molecule has 2 aromatic heterocycles. The first-order valence-electron chi connectivity index (χ1n) is 12.8. The molecule has 3 aromatic rings. The van der Waals surface area contributed by atoms with Crippen LogP contribution >= 0.6 is 0 Å². The highest BCUT2D eigenvalue weighted by Gasteiger charge is 2.69. The van der Waals surface area contributed by atoms with Crippen molar-refractivity contribution in [3.05, 3.63) is 50.8 Å². The third-order valence-corrected chi connectivity index (χ3v) is 8.82. The molecular formula is C28H27N3O6. The number of esters is 1. The number of ether oxygens (including phenoxy) is 4. The van der Waals surface area contributed by atoms with Gasteiger partial charge in [-0.3, -0.25) is 4.79 Å². The second-order valence-corrected chi connectivity index (χ2v) is 11.5. The van der Waals surface area contributed by atoms with Crippen LogP contribution in [-0.4, -0.2) is 41.0 Å². The molecule has 3 saturated carbocycles. The van der Waals surface area contributed by atoms with Crippen LogP contribution in [0, 0.1) is 0 Å². The minimum Gasteiger partial charge on any atom is -0.458 e. The summed E-state index contributed by atoms with van der Waals surface area (Å²) in [6.45, 7) is 4.99. The topological polar surface area (TPSA) is 101 Å². The molecule has 2 bridgehead atoms. The molecule has 190 valence electrons. The first-order chi connectivity index (χ1) is 17.8. The van der Waals surface area contributed by atoms with E-state index in [9.17, 15) is 9.59 Å². The minimum absolute atomic E-state index is 0.0412. The number of cyclic esters (lactones) is 1. The lowest BCUT2D eigenvalue weighted by atomic mass is 9.36. The first-order valence-corrected chi connectivity index (χ1v) is 12.8. The molecule has 37 heavy (non-hydrogen) atoms. The Hall–Kier alpha value is -3.43. The Labute approximate surface area is 212 Å². The van der Waals surface area contributed by atoms with E-state index in [1.54, 1.807) is 4.57 Å². The van der Waals surface area contributed by atoms with Crippen LogP contribution in [0.1, 0.15) is 61.5 Å². The van der Waals surface area contributed by atoms with Gasteiger partial charge in [0.05, 0.1) is 29.0 Å². The molecule has 1 atom stereocenters. The zero-order valence-electron chi connectivity index (χ0n) is 21.0. The molecule has 5 heterocycles. The fourth-order valence-corrected chi connectivity index (χ4v) is 7.65. The Morgan fingerprint density at radius 2 is 1.84 bits per heavy atom. The van der Waals surface area contributed by atoms with E-state index in [-0.39, 0.29) is 29.9 Å². The van der Waals surface area contributed by atoms with Gasteiger partial charge in [0.25, 0.3) is 5.56 Å². The molecule has 0 amide bonds. The summed E-state index contributed by atoms with van der Waals surface area (Å²) >= 11 is 0. The van der Waals surface area contributed by atoms with Crippen molar-refractivity contribution in [2.24, 2.45) is 0 Å². The molecule has 3 aliphatic heterocycles. The van der Waals surface area contributed by atoms with E-state index in [1.807, 2.05) is 12.1 Å². The highest BCUT2D eigenvalue weighted by atomic mass is 16.7. The standard InChI is InChI=1S/C28H27N3O6/c1-13(2)30-28-9-27(10-28,11-28)22-15-5-20-21(37-12-36-20)6-18(15)29-23-16(22)7-31-19(23)4-14-17(25(31)32)8-35-26(33)24(14)34-3/h4-6,13,24,30H,7-12H2,1-3H3. The number of aromatic nitrogens is 2. The predicted molar refractivity (Wildman–Crippen MR) is 133 cm³/mol. The summed E-state index contributed by atoms with van der Waals surface area (Å²) in [5.74, 6) is 0.942. The molecule has 0 radical (unpaired) electrons. The molecule has 3 fully saturated rings. The molecule has 0 saturated heterocycles. The van der Waals surface area contributed by atoms with Gasteiger partial charge in [0.1, 0.15) is 6.61 Å². The van der Waals surface area contributed by atoms with Gasteiger partial charge in [-0.15, -0.1) is 0 Å². The van der Waals surface area contributed by atoms with Crippen molar-refractivity contribution in [3.63, 3.8) is 0 Å². The second kappa shape index (κ2) is 6.90. The number of benzene rings is 1. The van der Waals surface area contributed by atoms with Crippen molar-refractivity contribution in [3.8, 4) is 22.9 Å². The number of hydrogen-bond donors (Lipinski definition) is 1. The van der Waals surface area contributed by atoms with Gasteiger partial charge in [-0.05, 0) is 37.0 Å². The smallest absolute Gasteiger partial charge is 0.340 e. The summed E-state index contributed by atoms with van der Waals surface area (Å²) in [5.41, 5.74) is 5.83. The summed E-state index contributed by atoms with van der Waals surface area (Å²) in [4.78, 5) is 31.1. The zero-order valence-corrected chi connectivity index (χ0v) is 21.0. The number of fused-ring (bicyclic) bond motifs is 6. The van der Waals surface area contributed by atoms with Crippen LogP contribution in [0.3, 0.4) is 0 Å². The van der Waals surface area contributed by atoms with Crippen molar-refractivity contribution in [1.29, 1.82) is 0 Å². The van der Waals surface area contributed by atoms with Gasteiger partial charge in [0.2, 0.25) is 6.79 Å². The molecule has 3 aliphatic carbocycles. The third kappa shape index (κ3) is 2.68. The van der Waals surface area contributed by atoms with E-state index in [0.717, 1.165) is 52.9 Å². The summed E-state index contributed by atoms with van der Waals surface area (Å²) in [6.07, 6.45) is 2.27. The number of methoxy groups -OCH3 is 1. The lowest BCUT2D eigenvalue weighted by Gasteiger charge is -2.72. The maximum Gasteiger partial charge on any atom is 0.340 e. The molecule has 1 N–H and O–H groups in total. The Kier molecular flexibility index (Phi) is 4.04. The number of carbonyl (C=O) groups excluding carboxylic acids is 1. The van der Waals surface area contributed by atoms with Gasteiger partial charge < -0.3 is 28.8 Å². The second-order valence-electron chi connectivity index (χ2n) is 11.5. The molecule has 1 aromatic carbocycles. The number of nitrogens with one attached hydrogen (secondary N) is 1. The predicted octanol–water partition coefficient (Wildman–Crippen LogP) is 3.07. The van der Waals surface area contributed by atoms with Crippen LogP contribution < -0.4 is 20.3 Å². The Bertz CT molecular complexity index is 1600. The van der Waals surface area contributed by atoms with Crippen molar-refractivity contribution in [1.82, 2.24) is 14.9 Å². The monoisotopic (exact) mass is 501 g/mol. The van der Waals surface area contributed by atoms with Crippen molar-refractivity contribution in [2.45, 2.75) is 69.4 Å². The summed E-state index contributed by atoms with van der Waals surface area (Å²) in [6, 6.07) is 6.34. The SMILES string of the molecule is COC1C(=O)OCc2c1cc1n(c2=O)Cc2c-1nc1cc3c(cc1c2C12CC(NC(C)C)(C1)C2)OCO3. The molecule has 9 nitrogen and oxygen atoms in total. The zero-order chi connectivity index (χ0) is 25.3.